The van der Waals surface area contributed by atoms with Crippen LogP contribution in [0.5, 0.6) is 0 Å². The number of nitrogens with zero attached hydrogens (tertiary/aromatic N) is 6. The number of imidazole rings is 1. The molecule has 1 atom stereocenters. The number of amides is 1. The summed E-state index contributed by atoms with van der Waals surface area (Å²) in [4.78, 5) is 17.1. The molecule has 4 heterocycles. The molecule has 0 saturated heterocycles. The number of carbonyl (C=O) groups excluding carboxylic acids is 1. The minimum atomic E-state index is -3.27. The van der Waals surface area contributed by atoms with Crippen molar-refractivity contribution in [2.45, 2.75) is 30.6 Å². The van der Waals surface area contributed by atoms with E-state index >= 15 is 0 Å². The molecule has 1 aliphatic carbocycles. The lowest BCUT2D eigenvalue weighted by molar-refractivity contribution is -0.117. The van der Waals surface area contributed by atoms with Gasteiger partial charge in [0.25, 0.3) is 0 Å². The lowest BCUT2D eigenvalue weighted by atomic mass is 10.1. The molecule has 1 N–H and O–H groups in total. The Kier molecular flexibility index (Phi) is 5.11. The van der Waals surface area contributed by atoms with Crippen LogP contribution in [0.2, 0.25) is 0 Å². The maximum Gasteiger partial charge on any atom is 0.227 e. The number of benzene rings is 1. The largest absolute Gasteiger partial charge is 0.323 e. The van der Waals surface area contributed by atoms with Crippen LogP contribution in [0.1, 0.15) is 37.2 Å². The van der Waals surface area contributed by atoms with Crippen molar-refractivity contribution in [1.29, 1.82) is 0 Å². The predicted octanol–water partition coefficient (Wildman–Crippen LogP) is 3.34. The Balaban J connectivity index is 1.38. The van der Waals surface area contributed by atoms with Gasteiger partial charge >= 0.3 is 0 Å². The van der Waals surface area contributed by atoms with Gasteiger partial charge in [0.1, 0.15) is 5.82 Å². The highest BCUT2D eigenvalue weighted by Gasteiger charge is 2.30. The van der Waals surface area contributed by atoms with E-state index in [2.05, 4.69) is 20.5 Å². The number of anilines is 1. The predicted molar refractivity (Wildman–Crippen MR) is 133 cm³/mol. The summed E-state index contributed by atoms with van der Waals surface area (Å²) >= 11 is 0. The molecule has 1 aromatic carbocycles. The molecule has 4 aromatic heterocycles. The Hall–Kier alpha value is -4.12. The first-order valence-electron chi connectivity index (χ1n) is 11.6. The summed E-state index contributed by atoms with van der Waals surface area (Å²) in [6.07, 6.45) is 8.35. The normalized spacial score (nSPS) is 14.8. The van der Waals surface area contributed by atoms with E-state index in [1.807, 2.05) is 35.7 Å². The van der Waals surface area contributed by atoms with Gasteiger partial charge in [-0.15, -0.1) is 10.2 Å². The summed E-state index contributed by atoms with van der Waals surface area (Å²) < 4.78 is 27.2. The molecule has 1 unspecified atom stereocenters. The molecule has 1 aliphatic rings. The number of rotatable bonds is 6. The van der Waals surface area contributed by atoms with Crippen molar-refractivity contribution < 1.29 is 13.2 Å². The van der Waals surface area contributed by atoms with Crippen LogP contribution in [0.3, 0.4) is 0 Å². The lowest BCUT2D eigenvalue weighted by Gasteiger charge is -2.13. The number of fused-ring (bicyclic) bond motifs is 2. The highest BCUT2D eigenvalue weighted by molar-refractivity contribution is 7.90. The Morgan fingerprint density at radius 3 is 2.56 bits per heavy atom. The highest BCUT2D eigenvalue weighted by Crippen LogP contribution is 2.32. The first kappa shape index (κ1) is 22.4. The van der Waals surface area contributed by atoms with Crippen molar-refractivity contribution in [3.63, 3.8) is 0 Å². The van der Waals surface area contributed by atoms with Gasteiger partial charge in [0.05, 0.1) is 22.2 Å². The first-order chi connectivity index (χ1) is 17.3. The van der Waals surface area contributed by atoms with Crippen LogP contribution in [-0.4, -0.2) is 49.8 Å². The van der Waals surface area contributed by atoms with Crippen LogP contribution in [0, 0.1) is 5.92 Å². The topological polar surface area (TPSA) is 124 Å². The maximum absolute atomic E-state index is 12.4. The van der Waals surface area contributed by atoms with E-state index in [0.717, 1.165) is 24.0 Å². The first-order valence-corrected chi connectivity index (χ1v) is 13.5. The van der Waals surface area contributed by atoms with E-state index in [0.29, 0.717) is 28.5 Å². The fourth-order valence-corrected chi connectivity index (χ4v) is 4.85. The summed E-state index contributed by atoms with van der Waals surface area (Å²) in [5.41, 5.74) is 4.37. The van der Waals surface area contributed by atoms with E-state index in [1.54, 1.807) is 41.2 Å². The third kappa shape index (κ3) is 4.01. The van der Waals surface area contributed by atoms with Crippen molar-refractivity contribution >= 4 is 32.7 Å². The van der Waals surface area contributed by atoms with Crippen LogP contribution >= 0.6 is 0 Å². The number of hydrogen-bond acceptors (Lipinski definition) is 7. The number of sulfone groups is 1. The number of hydrogen-bond donors (Lipinski definition) is 1. The molecule has 0 radical (unpaired) electrons. The molecule has 1 fully saturated rings. The Morgan fingerprint density at radius 1 is 1.08 bits per heavy atom. The van der Waals surface area contributed by atoms with Crippen LogP contribution in [0.25, 0.3) is 22.4 Å². The summed E-state index contributed by atoms with van der Waals surface area (Å²) in [5.74, 6) is 0.515. The van der Waals surface area contributed by atoms with Crippen molar-refractivity contribution in [2.75, 3.05) is 11.6 Å². The van der Waals surface area contributed by atoms with Gasteiger partial charge in [0.2, 0.25) is 5.91 Å². The molecule has 0 spiro atoms. The van der Waals surface area contributed by atoms with Gasteiger partial charge in [-0.3, -0.25) is 9.20 Å². The maximum atomic E-state index is 12.4. The van der Waals surface area contributed by atoms with Gasteiger partial charge in [0.15, 0.2) is 21.1 Å². The Bertz CT molecular complexity index is 1730. The lowest BCUT2D eigenvalue weighted by Crippen LogP contribution is -2.16. The number of nitrogens with one attached hydrogen (secondary N) is 1. The minimum absolute atomic E-state index is 0.00386. The molecule has 5 aromatic rings. The zero-order chi connectivity index (χ0) is 25.0. The fraction of sp³-hybridized carbons (Fsp3) is 0.240. The minimum Gasteiger partial charge on any atom is -0.323 e. The van der Waals surface area contributed by atoms with Crippen molar-refractivity contribution in [3.05, 3.63) is 72.6 Å². The molecule has 1 saturated carbocycles. The van der Waals surface area contributed by atoms with Crippen molar-refractivity contribution in [2.24, 2.45) is 5.92 Å². The van der Waals surface area contributed by atoms with Gasteiger partial charge in [-0.2, -0.15) is 5.10 Å². The number of aromatic nitrogens is 6. The molecule has 36 heavy (non-hydrogen) atoms. The Morgan fingerprint density at radius 2 is 1.83 bits per heavy atom. The third-order valence-corrected chi connectivity index (χ3v) is 7.59. The molecule has 6 rings (SSSR count). The molecule has 1 amide bonds. The zero-order valence-corrected chi connectivity index (χ0v) is 20.5. The van der Waals surface area contributed by atoms with E-state index in [9.17, 15) is 13.2 Å². The fourth-order valence-electron chi connectivity index (χ4n) is 4.22. The molecule has 10 nitrogen and oxygen atoms in total. The second kappa shape index (κ2) is 8.23. The van der Waals surface area contributed by atoms with Gasteiger partial charge < -0.3 is 5.32 Å². The molecular formula is C25H23N7O3S. The van der Waals surface area contributed by atoms with E-state index < -0.39 is 9.84 Å². The van der Waals surface area contributed by atoms with Crippen molar-refractivity contribution in [1.82, 2.24) is 29.2 Å². The summed E-state index contributed by atoms with van der Waals surface area (Å²) in [6, 6.07) is 12.4. The summed E-state index contributed by atoms with van der Waals surface area (Å²) in [5, 5.41) is 16.5. The highest BCUT2D eigenvalue weighted by atomic mass is 32.2. The Labute approximate surface area is 206 Å². The molecule has 0 bridgehead atoms. The van der Waals surface area contributed by atoms with Gasteiger partial charge in [-0.05, 0) is 61.2 Å². The molecule has 182 valence electrons. The van der Waals surface area contributed by atoms with Crippen LogP contribution in [-0.2, 0) is 14.6 Å². The second-order valence-electron chi connectivity index (χ2n) is 9.16. The SMILES string of the molecule is CC(c1cc(NC(=O)C2CC2)c2nccn2n1)c1nnc2ccc(-c3ccc(S(C)(=O)=O)cc3)cn12. The standard InChI is InChI=1S/C25H23N7O3S/c1-15(20-13-21(27-25(33)17-3-4-17)24-26-11-12-32(24)30-20)23-29-28-22-10-7-18(14-31(22)23)16-5-8-19(9-6-16)36(2,34)35/h5-15,17H,3-4H2,1-2H3,(H,27,33). The average molecular weight is 502 g/mol. The average Bonchev–Trinajstić information content (AvgIpc) is 3.46. The quantitative estimate of drug-likeness (QED) is 0.378. The van der Waals surface area contributed by atoms with E-state index in [1.165, 1.54) is 6.26 Å². The third-order valence-electron chi connectivity index (χ3n) is 6.46. The molecule has 0 aliphatic heterocycles. The molecule has 11 heteroatoms. The van der Waals surface area contributed by atoms with Gasteiger partial charge in [-0.1, -0.05) is 12.1 Å². The van der Waals surface area contributed by atoms with E-state index in [4.69, 9.17) is 5.10 Å². The monoisotopic (exact) mass is 501 g/mol. The number of pyridine rings is 1. The summed E-state index contributed by atoms with van der Waals surface area (Å²) in [6.45, 7) is 1.99. The van der Waals surface area contributed by atoms with Crippen LogP contribution < -0.4 is 5.32 Å². The van der Waals surface area contributed by atoms with E-state index in [-0.39, 0.29) is 22.6 Å². The van der Waals surface area contributed by atoms with Crippen LogP contribution in [0.15, 0.2) is 66.0 Å². The zero-order valence-electron chi connectivity index (χ0n) is 19.7. The summed E-state index contributed by atoms with van der Waals surface area (Å²) in [7, 11) is -3.27. The molecular weight excluding hydrogens is 478 g/mol. The smallest absolute Gasteiger partial charge is 0.227 e. The number of carbonyl (C=O) groups is 1. The second-order valence-corrected chi connectivity index (χ2v) is 11.2. The van der Waals surface area contributed by atoms with Gasteiger partial charge in [-0.25, -0.2) is 17.9 Å². The van der Waals surface area contributed by atoms with Crippen LogP contribution in [0.4, 0.5) is 5.69 Å². The van der Waals surface area contributed by atoms with Gasteiger partial charge in [0, 0.05) is 30.8 Å². The van der Waals surface area contributed by atoms with Crippen molar-refractivity contribution in [3.8, 4) is 11.1 Å².